The van der Waals surface area contributed by atoms with E-state index in [4.69, 9.17) is 23.2 Å². The maximum absolute atomic E-state index is 14.1. The molecule has 1 nitrogen and oxygen atoms in total. The molecule has 0 heterocycles. The van der Waals surface area contributed by atoms with E-state index in [0.29, 0.717) is 10.0 Å². The van der Waals surface area contributed by atoms with Crippen molar-refractivity contribution >= 4 is 60.8 Å². The van der Waals surface area contributed by atoms with Crippen LogP contribution in [0.4, 0.5) is 8.78 Å². The molecule has 2 rings (SSSR count). The maximum atomic E-state index is 14.1. The van der Waals surface area contributed by atoms with Crippen molar-refractivity contribution in [3.05, 3.63) is 69.2 Å². The van der Waals surface area contributed by atoms with Crippen LogP contribution in [-0.4, -0.2) is 16.4 Å². The van der Waals surface area contributed by atoms with Gasteiger partial charge in [0.15, 0.2) is 0 Å². The fourth-order valence-electron chi connectivity index (χ4n) is 2.43. The van der Waals surface area contributed by atoms with Crippen molar-refractivity contribution in [2.45, 2.75) is 11.8 Å². The number of ketones is 1. The lowest BCUT2D eigenvalue weighted by Gasteiger charge is -2.21. The number of halogens is 6. The molecular weight excluding hydrogens is 489 g/mol. The number of carbonyl (C=O) groups is 1. The van der Waals surface area contributed by atoms with E-state index in [-0.39, 0.29) is 27.6 Å². The number of carbonyl (C=O) groups excluding carboxylic acids is 1. The van der Waals surface area contributed by atoms with Crippen LogP contribution < -0.4 is 0 Å². The highest BCUT2D eigenvalue weighted by Gasteiger charge is 2.31. The highest BCUT2D eigenvalue weighted by molar-refractivity contribution is 9.09. The Bertz CT molecular complexity index is 694. The van der Waals surface area contributed by atoms with E-state index in [9.17, 15) is 13.6 Å². The Hall–Kier alpha value is -0.490. The van der Waals surface area contributed by atoms with E-state index in [0.717, 1.165) is 0 Å². The molecule has 0 N–H and O–H groups in total. The highest BCUT2D eigenvalue weighted by atomic mass is 79.9. The molecule has 0 fully saturated rings. The first-order valence-corrected chi connectivity index (χ1v) is 9.94. The second-order valence-electron chi connectivity index (χ2n) is 5.15. The van der Waals surface area contributed by atoms with Crippen molar-refractivity contribution in [3.63, 3.8) is 0 Å². The van der Waals surface area contributed by atoms with Crippen LogP contribution in [0.3, 0.4) is 0 Å². The zero-order valence-electron chi connectivity index (χ0n) is 12.2. The molecule has 0 radical (unpaired) electrons. The summed E-state index contributed by atoms with van der Waals surface area (Å²) < 4.78 is 28.3. The Labute approximate surface area is 165 Å². The molecule has 2 aromatic carbocycles. The third-order valence-corrected chi connectivity index (χ3v) is 5.43. The van der Waals surface area contributed by atoms with E-state index in [2.05, 4.69) is 31.9 Å². The average molecular weight is 501 g/mol. The topological polar surface area (TPSA) is 17.1 Å². The lowest BCUT2D eigenvalue weighted by atomic mass is 9.85. The van der Waals surface area contributed by atoms with E-state index in [1.54, 1.807) is 0 Å². The van der Waals surface area contributed by atoms with Gasteiger partial charge >= 0.3 is 0 Å². The monoisotopic (exact) mass is 498 g/mol. The van der Waals surface area contributed by atoms with Crippen LogP contribution in [0.15, 0.2) is 36.4 Å². The zero-order valence-corrected chi connectivity index (χ0v) is 16.9. The van der Waals surface area contributed by atoms with Gasteiger partial charge in [0.05, 0.1) is 11.8 Å². The summed E-state index contributed by atoms with van der Waals surface area (Å²) in [6, 6.07) is 8.08. The minimum absolute atomic E-state index is 0.178. The van der Waals surface area contributed by atoms with Gasteiger partial charge in [-0.1, -0.05) is 55.1 Å². The molecule has 0 aromatic heterocycles. The van der Waals surface area contributed by atoms with Crippen LogP contribution in [0.2, 0.25) is 10.0 Å². The Morgan fingerprint density at radius 3 is 1.58 bits per heavy atom. The summed E-state index contributed by atoms with van der Waals surface area (Å²) in [5.41, 5.74) is 0.357. The zero-order chi connectivity index (χ0) is 17.9. The molecule has 0 aliphatic rings. The number of rotatable bonds is 6. The molecule has 128 valence electrons. The summed E-state index contributed by atoms with van der Waals surface area (Å²) in [6.45, 7) is 0. The van der Waals surface area contributed by atoms with Crippen molar-refractivity contribution in [3.8, 4) is 0 Å². The van der Waals surface area contributed by atoms with Crippen LogP contribution in [0, 0.1) is 11.6 Å². The Morgan fingerprint density at radius 2 is 1.25 bits per heavy atom. The molecule has 0 saturated heterocycles. The van der Waals surface area contributed by atoms with Crippen molar-refractivity contribution in [1.29, 1.82) is 0 Å². The van der Waals surface area contributed by atoms with E-state index < -0.39 is 23.5 Å². The Balaban J connectivity index is 2.45. The summed E-state index contributed by atoms with van der Waals surface area (Å²) in [7, 11) is 0. The Morgan fingerprint density at radius 1 is 0.875 bits per heavy atom. The SMILES string of the molecule is O=C(C(CBr)c1cc(Cl)ccc1F)C(CBr)c1cc(Cl)ccc1F. The largest absolute Gasteiger partial charge is 0.298 e. The second kappa shape index (κ2) is 8.75. The Kier molecular flexibility index (Phi) is 7.23. The molecule has 24 heavy (non-hydrogen) atoms. The van der Waals surface area contributed by atoms with Gasteiger partial charge in [0, 0.05) is 31.8 Å². The minimum atomic E-state index is -0.801. The van der Waals surface area contributed by atoms with Crippen molar-refractivity contribution < 1.29 is 13.6 Å². The van der Waals surface area contributed by atoms with Gasteiger partial charge in [0.2, 0.25) is 0 Å². The van der Waals surface area contributed by atoms with Crippen molar-refractivity contribution in [1.82, 2.24) is 0 Å². The third-order valence-electron chi connectivity index (χ3n) is 3.66. The van der Waals surface area contributed by atoms with Crippen molar-refractivity contribution in [2.24, 2.45) is 0 Å². The number of benzene rings is 2. The lowest BCUT2D eigenvalue weighted by Crippen LogP contribution is -2.24. The predicted octanol–water partition coefficient (Wildman–Crippen LogP) is 6.50. The van der Waals surface area contributed by atoms with Gasteiger partial charge in [0.25, 0.3) is 0 Å². The van der Waals surface area contributed by atoms with Gasteiger partial charge in [-0.15, -0.1) is 0 Å². The van der Waals surface area contributed by atoms with E-state index >= 15 is 0 Å². The normalized spacial score (nSPS) is 13.6. The minimum Gasteiger partial charge on any atom is -0.298 e. The van der Waals surface area contributed by atoms with Gasteiger partial charge in [0.1, 0.15) is 17.4 Å². The summed E-state index contributed by atoms with van der Waals surface area (Å²) in [5.74, 6) is -2.99. The predicted molar refractivity (Wildman–Crippen MR) is 101 cm³/mol. The van der Waals surface area contributed by atoms with Crippen LogP contribution in [0.25, 0.3) is 0 Å². The summed E-state index contributed by atoms with van der Waals surface area (Å²) in [4.78, 5) is 13.0. The molecule has 2 unspecified atom stereocenters. The molecule has 0 aliphatic carbocycles. The molecule has 0 bridgehead atoms. The van der Waals surface area contributed by atoms with Crippen LogP contribution in [0.1, 0.15) is 23.0 Å². The first-order chi connectivity index (χ1) is 11.4. The summed E-state index contributed by atoms with van der Waals surface area (Å²) in [6.07, 6.45) is 0. The van der Waals surface area contributed by atoms with Crippen LogP contribution in [-0.2, 0) is 4.79 Å². The van der Waals surface area contributed by atoms with Crippen LogP contribution in [0.5, 0.6) is 0 Å². The van der Waals surface area contributed by atoms with Crippen molar-refractivity contribution in [2.75, 3.05) is 10.7 Å². The molecule has 2 atom stereocenters. The van der Waals surface area contributed by atoms with E-state index in [1.165, 1.54) is 36.4 Å². The average Bonchev–Trinajstić information content (AvgIpc) is 2.55. The van der Waals surface area contributed by atoms with Crippen LogP contribution >= 0.6 is 55.1 Å². The fourth-order valence-corrected chi connectivity index (χ4v) is 4.13. The quantitative estimate of drug-likeness (QED) is 0.414. The number of hydrogen-bond acceptors (Lipinski definition) is 1. The highest BCUT2D eigenvalue weighted by Crippen LogP contribution is 2.33. The number of Topliss-reactive ketones (excluding diaryl/α,β-unsaturated/α-hetero) is 1. The molecule has 0 amide bonds. The maximum Gasteiger partial charge on any atom is 0.149 e. The lowest BCUT2D eigenvalue weighted by molar-refractivity contribution is -0.121. The summed E-state index contributed by atoms with van der Waals surface area (Å²) in [5, 5.41) is 1.03. The van der Waals surface area contributed by atoms with Gasteiger partial charge in [-0.25, -0.2) is 8.78 Å². The van der Waals surface area contributed by atoms with Gasteiger partial charge in [-0.2, -0.15) is 0 Å². The summed E-state index contributed by atoms with van der Waals surface area (Å²) >= 11 is 18.3. The molecule has 0 saturated carbocycles. The molecule has 0 aliphatic heterocycles. The number of hydrogen-bond donors (Lipinski definition) is 0. The van der Waals surface area contributed by atoms with Gasteiger partial charge < -0.3 is 0 Å². The smallest absolute Gasteiger partial charge is 0.149 e. The first kappa shape index (κ1) is 19.8. The second-order valence-corrected chi connectivity index (χ2v) is 7.32. The van der Waals surface area contributed by atoms with E-state index in [1.807, 2.05) is 0 Å². The molecule has 0 spiro atoms. The van der Waals surface area contributed by atoms with Gasteiger partial charge in [-0.3, -0.25) is 4.79 Å². The number of alkyl halides is 2. The van der Waals surface area contributed by atoms with Gasteiger partial charge in [-0.05, 0) is 36.4 Å². The standard InChI is InChI=1S/C17H12Br2Cl2F2O/c18-7-13(11-5-9(20)1-3-15(11)22)17(24)14(8-19)12-6-10(21)2-4-16(12)23/h1-6,13-14H,7-8H2. The third kappa shape index (κ3) is 4.37. The fraction of sp³-hybridized carbons (Fsp3) is 0.235. The molecule has 2 aromatic rings. The first-order valence-electron chi connectivity index (χ1n) is 6.94. The molecular formula is C17H12Br2Cl2F2O. The molecule has 7 heteroatoms.